The summed E-state index contributed by atoms with van der Waals surface area (Å²) < 4.78 is 5.65. The largest absolute Gasteiger partial charge is 0.423 e. The Hall–Kier alpha value is -2.49. The van der Waals surface area contributed by atoms with Crippen LogP contribution in [0.25, 0.3) is 11.1 Å². The second-order valence-electron chi connectivity index (χ2n) is 4.66. The Balaban J connectivity index is 2.01. The Labute approximate surface area is 111 Å². The van der Waals surface area contributed by atoms with Gasteiger partial charge in [0.25, 0.3) is 6.01 Å². The Morgan fingerprint density at radius 2 is 2.00 bits per heavy atom. The van der Waals surface area contributed by atoms with Crippen LogP contribution in [0.15, 0.2) is 40.8 Å². The number of nitrogens with zero attached hydrogens (tertiary/aromatic N) is 1. The Morgan fingerprint density at radius 1 is 1.16 bits per heavy atom. The number of rotatable bonds is 2. The van der Waals surface area contributed by atoms with Crippen LogP contribution in [0.3, 0.4) is 0 Å². The molecule has 96 valence electrons. The standard InChI is InChI=1S/C15H15N3O/c1-9-6-7-10(2)12(8-9)17-15-18-14-11(16)4-3-5-13(14)19-15/h3-8H,16H2,1-2H3,(H,17,18). The van der Waals surface area contributed by atoms with Gasteiger partial charge < -0.3 is 15.5 Å². The van der Waals surface area contributed by atoms with Crippen LogP contribution in [0.1, 0.15) is 11.1 Å². The zero-order valence-electron chi connectivity index (χ0n) is 10.9. The van der Waals surface area contributed by atoms with Crippen LogP contribution >= 0.6 is 0 Å². The van der Waals surface area contributed by atoms with Crippen molar-refractivity contribution in [3.8, 4) is 0 Å². The lowest BCUT2D eigenvalue weighted by Crippen LogP contribution is -1.94. The Kier molecular flexibility index (Phi) is 2.63. The maximum absolute atomic E-state index is 5.87. The van der Waals surface area contributed by atoms with Crippen molar-refractivity contribution in [2.75, 3.05) is 11.1 Å². The number of fused-ring (bicyclic) bond motifs is 1. The third kappa shape index (κ3) is 2.12. The highest BCUT2D eigenvalue weighted by atomic mass is 16.4. The fourth-order valence-corrected chi connectivity index (χ4v) is 2.01. The molecule has 19 heavy (non-hydrogen) atoms. The molecule has 0 aliphatic carbocycles. The van der Waals surface area contributed by atoms with Gasteiger partial charge >= 0.3 is 0 Å². The third-order valence-electron chi connectivity index (χ3n) is 3.08. The number of aromatic nitrogens is 1. The summed E-state index contributed by atoms with van der Waals surface area (Å²) in [6, 6.07) is 12.2. The number of aryl methyl sites for hydroxylation is 2. The second-order valence-corrected chi connectivity index (χ2v) is 4.66. The van der Waals surface area contributed by atoms with Gasteiger partial charge in [0.2, 0.25) is 0 Å². The molecule has 0 amide bonds. The first kappa shape index (κ1) is 11.6. The van der Waals surface area contributed by atoms with E-state index in [0.29, 0.717) is 22.8 Å². The highest BCUT2D eigenvalue weighted by molar-refractivity contribution is 5.86. The van der Waals surface area contributed by atoms with E-state index < -0.39 is 0 Å². The van der Waals surface area contributed by atoms with E-state index in [1.807, 2.05) is 25.1 Å². The fraction of sp³-hybridized carbons (Fsp3) is 0.133. The quantitative estimate of drug-likeness (QED) is 0.682. The molecule has 3 aromatic rings. The number of benzene rings is 2. The van der Waals surface area contributed by atoms with Gasteiger partial charge in [-0.25, -0.2) is 0 Å². The van der Waals surface area contributed by atoms with E-state index in [4.69, 9.17) is 10.2 Å². The topological polar surface area (TPSA) is 64.1 Å². The Bertz CT molecular complexity index is 746. The molecule has 3 rings (SSSR count). The van der Waals surface area contributed by atoms with Crippen molar-refractivity contribution in [1.82, 2.24) is 4.98 Å². The number of nitrogens with two attached hydrogens (primary N) is 1. The molecule has 0 saturated heterocycles. The maximum Gasteiger partial charge on any atom is 0.300 e. The first-order valence-electron chi connectivity index (χ1n) is 6.13. The lowest BCUT2D eigenvalue weighted by Gasteiger charge is -2.06. The molecule has 4 nitrogen and oxygen atoms in total. The third-order valence-corrected chi connectivity index (χ3v) is 3.08. The lowest BCUT2D eigenvalue weighted by molar-refractivity contribution is 0.623. The summed E-state index contributed by atoms with van der Waals surface area (Å²) in [5, 5.41) is 3.20. The molecule has 0 aliphatic rings. The minimum Gasteiger partial charge on any atom is -0.423 e. The van der Waals surface area contributed by atoms with Gasteiger partial charge in [0.05, 0.1) is 5.69 Å². The van der Waals surface area contributed by atoms with Crippen molar-refractivity contribution < 1.29 is 4.42 Å². The smallest absolute Gasteiger partial charge is 0.300 e. The molecule has 0 saturated carbocycles. The normalized spacial score (nSPS) is 10.8. The van der Waals surface area contributed by atoms with Crippen molar-refractivity contribution in [1.29, 1.82) is 0 Å². The van der Waals surface area contributed by atoms with Gasteiger partial charge in [0, 0.05) is 5.69 Å². The molecular weight excluding hydrogens is 238 g/mol. The molecule has 4 heteroatoms. The zero-order valence-corrected chi connectivity index (χ0v) is 10.9. The summed E-state index contributed by atoms with van der Waals surface area (Å²) in [6.07, 6.45) is 0. The Morgan fingerprint density at radius 3 is 2.79 bits per heavy atom. The average molecular weight is 253 g/mol. The zero-order chi connectivity index (χ0) is 13.4. The van der Waals surface area contributed by atoms with E-state index in [0.717, 1.165) is 11.3 Å². The van der Waals surface area contributed by atoms with E-state index in [-0.39, 0.29) is 0 Å². The van der Waals surface area contributed by atoms with Crippen molar-refractivity contribution in [2.24, 2.45) is 0 Å². The van der Waals surface area contributed by atoms with Crippen LogP contribution in [0.2, 0.25) is 0 Å². The average Bonchev–Trinajstić information content (AvgIpc) is 2.78. The monoisotopic (exact) mass is 253 g/mol. The molecule has 0 spiro atoms. The molecule has 0 aliphatic heterocycles. The number of nitrogens with one attached hydrogen (secondary N) is 1. The van der Waals surface area contributed by atoms with Crippen molar-refractivity contribution in [3.63, 3.8) is 0 Å². The molecule has 0 radical (unpaired) electrons. The molecule has 0 bridgehead atoms. The van der Waals surface area contributed by atoms with Gasteiger partial charge in [-0.2, -0.15) is 4.98 Å². The highest BCUT2D eigenvalue weighted by Gasteiger charge is 2.09. The van der Waals surface area contributed by atoms with E-state index in [9.17, 15) is 0 Å². The van der Waals surface area contributed by atoms with E-state index in [1.54, 1.807) is 0 Å². The molecule has 0 atom stereocenters. The molecule has 2 aromatic carbocycles. The second kappa shape index (κ2) is 4.31. The van der Waals surface area contributed by atoms with Gasteiger partial charge in [-0.3, -0.25) is 0 Å². The summed E-state index contributed by atoms with van der Waals surface area (Å²) in [6.45, 7) is 4.09. The van der Waals surface area contributed by atoms with Gasteiger partial charge in [-0.05, 0) is 43.2 Å². The lowest BCUT2D eigenvalue weighted by atomic mass is 10.1. The SMILES string of the molecule is Cc1ccc(C)c(Nc2nc3c(N)cccc3o2)c1. The predicted octanol–water partition coefficient (Wildman–Crippen LogP) is 3.77. The minimum atomic E-state index is 0.460. The molecule has 0 unspecified atom stereocenters. The summed E-state index contributed by atoms with van der Waals surface area (Å²) in [4.78, 5) is 4.38. The van der Waals surface area contributed by atoms with E-state index in [2.05, 4.69) is 35.4 Å². The summed E-state index contributed by atoms with van der Waals surface area (Å²) in [7, 11) is 0. The van der Waals surface area contributed by atoms with Crippen LogP contribution in [-0.4, -0.2) is 4.98 Å². The van der Waals surface area contributed by atoms with Crippen LogP contribution in [0.4, 0.5) is 17.4 Å². The number of nitrogen functional groups attached to an aromatic ring is 1. The van der Waals surface area contributed by atoms with Gasteiger partial charge in [-0.15, -0.1) is 0 Å². The van der Waals surface area contributed by atoms with Crippen LogP contribution in [0.5, 0.6) is 0 Å². The van der Waals surface area contributed by atoms with Crippen LogP contribution in [-0.2, 0) is 0 Å². The summed E-state index contributed by atoms with van der Waals surface area (Å²) in [5.41, 5.74) is 11.2. The molecule has 0 fully saturated rings. The van der Waals surface area contributed by atoms with Gasteiger partial charge in [0.1, 0.15) is 5.52 Å². The summed E-state index contributed by atoms with van der Waals surface area (Å²) >= 11 is 0. The van der Waals surface area contributed by atoms with Crippen molar-refractivity contribution in [3.05, 3.63) is 47.5 Å². The maximum atomic E-state index is 5.87. The summed E-state index contributed by atoms with van der Waals surface area (Å²) in [5.74, 6) is 0. The molecular formula is C15H15N3O. The van der Waals surface area contributed by atoms with Crippen molar-refractivity contribution >= 4 is 28.5 Å². The highest BCUT2D eigenvalue weighted by Crippen LogP contribution is 2.27. The van der Waals surface area contributed by atoms with Crippen LogP contribution in [0, 0.1) is 13.8 Å². The van der Waals surface area contributed by atoms with E-state index >= 15 is 0 Å². The fourth-order valence-electron chi connectivity index (χ4n) is 2.01. The number of oxazole rings is 1. The number of hydrogen-bond donors (Lipinski definition) is 2. The molecule has 1 aromatic heterocycles. The molecule has 1 heterocycles. The van der Waals surface area contributed by atoms with Crippen LogP contribution < -0.4 is 11.1 Å². The van der Waals surface area contributed by atoms with E-state index in [1.165, 1.54) is 5.56 Å². The van der Waals surface area contributed by atoms with Gasteiger partial charge in [0.15, 0.2) is 5.58 Å². The van der Waals surface area contributed by atoms with Gasteiger partial charge in [-0.1, -0.05) is 18.2 Å². The van der Waals surface area contributed by atoms with Crippen molar-refractivity contribution in [2.45, 2.75) is 13.8 Å². The predicted molar refractivity (Wildman–Crippen MR) is 77.6 cm³/mol. The number of para-hydroxylation sites is 1. The minimum absolute atomic E-state index is 0.460. The first-order chi connectivity index (χ1) is 9.13. The number of hydrogen-bond acceptors (Lipinski definition) is 4. The molecule has 3 N–H and O–H groups in total. The first-order valence-corrected chi connectivity index (χ1v) is 6.13. The number of anilines is 3.